The number of rotatable bonds is 9. The molecule has 2 atom stereocenters. The van der Waals surface area contributed by atoms with Crippen LogP contribution in [0.25, 0.3) is 11.1 Å². The third kappa shape index (κ3) is 5.81. The number of carboxylic acid groups (broad SMARTS) is 1. The fourth-order valence-electron chi connectivity index (χ4n) is 5.07. The molecular weight excluding hydrogens is 464 g/mol. The van der Waals surface area contributed by atoms with Gasteiger partial charge in [-0.1, -0.05) is 61.9 Å². The van der Waals surface area contributed by atoms with E-state index in [0.29, 0.717) is 18.7 Å². The van der Waals surface area contributed by atoms with Crippen LogP contribution in [0.4, 0.5) is 4.79 Å². The van der Waals surface area contributed by atoms with Gasteiger partial charge in [0.15, 0.2) is 0 Å². The molecule has 2 unspecified atom stereocenters. The number of aliphatic carboxylic acids is 1. The summed E-state index contributed by atoms with van der Waals surface area (Å²) in [7, 11) is 0. The van der Waals surface area contributed by atoms with Crippen molar-refractivity contribution >= 4 is 29.7 Å². The van der Waals surface area contributed by atoms with Gasteiger partial charge in [0.05, 0.1) is 18.4 Å². The minimum Gasteiger partial charge on any atom is -0.481 e. The summed E-state index contributed by atoms with van der Waals surface area (Å²) >= 11 is 1.67. The molecule has 2 amide bonds. The second-order valence-electron chi connectivity index (χ2n) is 9.05. The summed E-state index contributed by atoms with van der Waals surface area (Å²) in [6.45, 7) is 2.92. The second kappa shape index (κ2) is 11.6. The van der Waals surface area contributed by atoms with Gasteiger partial charge in [-0.15, -0.1) is 0 Å². The normalized spacial score (nSPS) is 17.9. The van der Waals surface area contributed by atoms with Crippen molar-refractivity contribution in [1.82, 2.24) is 10.2 Å². The number of hydrogen-bond donors (Lipinski definition) is 2. The van der Waals surface area contributed by atoms with Crippen LogP contribution in [0.2, 0.25) is 0 Å². The topological polar surface area (TPSA) is 95.9 Å². The Morgan fingerprint density at radius 2 is 1.77 bits per heavy atom. The molecule has 4 rings (SSSR count). The summed E-state index contributed by atoms with van der Waals surface area (Å²) < 4.78 is 5.61. The Morgan fingerprint density at radius 3 is 2.40 bits per heavy atom. The lowest BCUT2D eigenvalue weighted by Gasteiger charge is -2.37. The number of fused-ring (bicyclic) bond motifs is 3. The SMILES string of the molecule is CCCC(CNC(=O)OCC1c2ccccc2-c2ccccc21)C(=O)N1CCSCC1CC(=O)O. The summed E-state index contributed by atoms with van der Waals surface area (Å²) in [6.07, 6.45) is 0.801. The molecule has 1 saturated heterocycles. The molecule has 2 N–H and O–H groups in total. The highest BCUT2D eigenvalue weighted by Crippen LogP contribution is 2.44. The lowest BCUT2D eigenvalue weighted by molar-refractivity contribution is -0.142. The number of carbonyl (C=O) groups is 3. The number of nitrogens with one attached hydrogen (secondary N) is 1. The molecule has 0 saturated carbocycles. The molecule has 7 nitrogen and oxygen atoms in total. The molecule has 8 heteroatoms. The van der Waals surface area contributed by atoms with Gasteiger partial charge in [0.25, 0.3) is 0 Å². The number of hydrogen-bond acceptors (Lipinski definition) is 5. The van der Waals surface area contributed by atoms with E-state index in [-0.39, 0.29) is 37.4 Å². The Balaban J connectivity index is 1.35. The first-order valence-electron chi connectivity index (χ1n) is 12.2. The van der Waals surface area contributed by atoms with Crippen LogP contribution in [0.1, 0.15) is 43.2 Å². The van der Waals surface area contributed by atoms with Crippen LogP contribution in [0.3, 0.4) is 0 Å². The second-order valence-corrected chi connectivity index (χ2v) is 10.2. The highest BCUT2D eigenvalue weighted by molar-refractivity contribution is 7.99. The number of carboxylic acids is 1. The zero-order valence-corrected chi connectivity index (χ0v) is 20.8. The average Bonchev–Trinajstić information content (AvgIpc) is 3.18. The minimum atomic E-state index is -0.904. The molecule has 35 heavy (non-hydrogen) atoms. The fraction of sp³-hybridized carbons (Fsp3) is 0.444. The molecule has 2 aromatic rings. The van der Waals surface area contributed by atoms with Gasteiger partial charge in [-0.3, -0.25) is 9.59 Å². The highest BCUT2D eigenvalue weighted by Gasteiger charge is 2.33. The maximum Gasteiger partial charge on any atom is 0.407 e. The maximum atomic E-state index is 13.3. The first-order chi connectivity index (χ1) is 17.0. The van der Waals surface area contributed by atoms with Crippen molar-refractivity contribution in [3.8, 4) is 11.1 Å². The third-order valence-electron chi connectivity index (χ3n) is 6.74. The van der Waals surface area contributed by atoms with Crippen LogP contribution >= 0.6 is 11.8 Å². The van der Waals surface area contributed by atoms with Crippen molar-refractivity contribution in [3.63, 3.8) is 0 Å². The van der Waals surface area contributed by atoms with Gasteiger partial charge >= 0.3 is 12.1 Å². The number of alkyl carbamates (subject to hydrolysis) is 1. The molecule has 2 aromatic carbocycles. The van der Waals surface area contributed by atoms with Crippen LogP contribution in [0.15, 0.2) is 48.5 Å². The van der Waals surface area contributed by atoms with Crippen molar-refractivity contribution in [2.45, 2.75) is 38.1 Å². The van der Waals surface area contributed by atoms with E-state index in [1.807, 2.05) is 31.2 Å². The predicted molar refractivity (Wildman–Crippen MR) is 137 cm³/mol. The number of ether oxygens (including phenoxy) is 1. The summed E-state index contributed by atoms with van der Waals surface area (Å²) in [5, 5.41) is 12.0. The smallest absolute Gasteiger partial charge is 0.407 e. The van der Waals surface area contributed by atoms with Crippen LogP contribution in [-0.4, -0.2) is 65.2 Å². The quantitative estimate of drug-likeness (QED) is 0.536. The number of benzene rings is 2. The molecular formula is C27H32N2O5S. The van der Waals surface area contributed by atoms with Crippen molar-refractivity contribution in [2.24, 2.45) is 5.92 Å². The average molecular weight is 497 g/mol. The van der Waals surface area contributed by atoms with Crippen LogP contribution < -0.4 is 5.32 Å². The van der Waals surface area contributed by atoms with Crippen molar-refractivity contribution < 1.29 is 24.2 Å². The first kappa shape index (κ1) is 25.1. The van der Waals surface area contributed by atoms with Gasteiger partial charge in [0.1, 0.15) is 6.61 Å². The first-order valence-corrected chi connectivity index (χ1v) is 13.3. The monoisotopic (exact) mass is 496 g/mol. The maximum absolute atomic E-state index is 13.3. The van der Waals surface area contributed by atoms with E-state index in [9.17, 15) is 19.5 Å². The van der Waals surface area contributed by atoms with Crippen molar-refractivity contribution in [2.75, 3.05) is 31.2 Å². The van der Waals surface area contributed by atoms with Gasteiger partial charge in [0, 0.05) is 30.5 Å². The largest absolute Gasteiger partial charge is 0.481 e. The molecule has 0 aromatic heterocycles. The number of nitrogens with zero attached hydrogens (tertiary/aromatic N) is 1. The van der Waals surface area contributed by atoms with Gasteiger partial charge < -0.3 is 20.1 Å². The molecule has 186 valence electrons. The highest BCUT2D eigenvalue weighted by atomic mass is 32.2. The fourth-order valence-corrected chi connectivity index (χ4v) is 6.13. The van der Waals surface area contributed by atoms with Crippen molar-refractivity contribution in [1.29, 1.82) is 0 Å². The standard InChI is InChI=1S/C27H32N2O5S/c1-2-7-18(26(32)29-12-13-35-17-19(29)14-25(30)31)15-28-27(33)34-16-24-22-10-5-3-8-20(22)21-9-4-6-11-23(21)24/h3-6,8-11,18-19,24H,2,7,12-17H2,1H3,(H,28,33)(H,30,31). The van der Waals surface area contributed by atoms with E-state index in [1.54, 1.807) is 16.7 Å². The molecule has 0 radical (unpaired) electrons. The Kier molecular flexibility index (Phi) is 8.33. The Morgan fingerprint density at radius 1 is 1.11 bits per heavy atom. The van der Waals surface area contributed by atoms with Crippen LogP contribution in [-0.2, 0) is 14.3 Å². The number of thioether (sulfide) groups is 1. The van der Waals surface area contributed by atoms with E-state index >= 15 is 0 Å². The number of carbonyl (C=O) groups excluding carboxylic acids is 2. The molecule has 1 heterocycles. The van der Waals surface area contributed by atoms with Crippen molar-refractivity contribution in [3.05, 3.63) is 59.7 Å². The van der Waals surface area contributed by atoms with E-state index in [0.717, 1.165) is 23.3 Å². The van der Waals surface area contributed by atoms with E-state index < -0.39 is 18.0 Å². The lowest BCUT2D eigenvalue weighted by atomic mass is 9.98. The van der Waals surface area contributed by atoms with E-state index in [1.165, 1.54) is 11.1 Å². The predicted octanol–water partition coefficient (Wildman–Crippen LogP) is 4.36. The summed E-state index contributed by atoms with van der Waals surface area (Å²) in [6, 6.07) is 16.0. The van der Waals surface area contributed by atoms with Gasteiger partial charge in [-0.2, -0.15) is 11.8 Å². The van der Waals surface area contributed by atoms with E-state index in [4.69, 9.17) is 4.74 Å². The summed E-state index contributed by atoms with van der Waals surface area (Å²) in [4.78, 5) is 38.8. The summed E-state index contributed by atoms with van der Waals surface area (Å²) in [5.74, 6) is -0.00261. The van der Waals surface area contributed by atoms with E-state index in [2.05, 4.69) is 29.6 Å². The van der Waals surface area contributed by atoms with Gasteiger partial charge in [-0.05, 0) is 28.7 Å². The zero-order chi connectivity index (χ0) is 24.8. The molecule has 1 aliphatic heterocycles. The van der Waals surface area contributed by atoms with Crippen LogP contribution in [0.5, 0.6) is 0 Å². The zero-order valence-electron chi connectivity index (χ0n) is 19.9. The minimum absolute atomic E-state index is 0.0242. The van der Waals surface area contributed by atoms with Gasteiger partial charge in [0.2, 0.25) is 5.91 Å². The molecule has 0 bridgehead atoms. The third-order valence-corrected chi connectivity index (χ3v) is 7.84. The number of amides is 2. The Labute approximate surface area is 210 Å². The molecule has 0 spiro atoms. The molecule has 1 fully saturated rings. The Hall–Kier alpha value is -3.00. The lowest BCUT2D eigenvalue weighted by Crippen LogP contribution is -2.51. The Bertz CT molecular complexity index is 1030. The van der Waals surface area contributed by atoms with Gasteiger partial charge in [-0.25, -0.2) is 4.79 Å². The van der Waals surface area contributed by atoms with Crippen LogP contribution in [0, 0.1) is 5.92 Å². The summed E-state index contributed by atoms with van der Waals surface area (Å²) in [5.41, 5.74) is 4.63. The molecule has 2 aliphatic rings. The molecule has 1 aliphatic carbocycles.